The molecule has 5 nitrogen and oxygen atoms in total. The van der Waals surface area contributed by atoms with Gasteiger partial charge in [0.15, 0.2) is 17.3 Å². The first kappa shape index (κ1) is 23.0. The average molecular weight is 500 g/mol. The number of hydrogen-bond donors (Lipinski definition) is 0. The molecule has 0 spiro atoms. The normalized spacial score (nSPS) is 21.8. The molecule has 2 aliphatic rings. The highest BCUT2D eigenvalue weighted by Gasteiger charge is 2.68. The van der Waals surface area contributed by atoms with Crippen LogP contribution in [0.1, 0.15) is 45.9 Å². The van der Waals surface area contributed by atoms with E-state index in [0.29, 0.717) is 0 Å². The average Bonchev–Trinajstić information content (AvgIpc) is 3.32. The second-order valence-corrected chi connectivity index (χ2v) is 12.1. The minimum atomic E-state index is -0.272. The number of para-hydroxylation sites is 1. The molecular formula is C33H33N5+2. The molecule has 2 atom stereocenters. The Labute approximate surface area is 223 Å². The van der Waals surface area contributed by atoms with Crippen LogP contribution in [0.25, 0.3) is 39.2 Å². The monoisotopic (exact) mass is 499 g/mol. The van der Waals surface area contributed by atoms with Crippen LogP contribution in [0.3, 0.4) is 0 Å². The van der Waals surface area contributed by atoms with Crippen LogP contribution < -0.4 is 9.13 Å². The lowest BCUT2D eigenvalue weighted by Gasteiger charge is -2.52. The van der Waals surface area contributed by atoms with Crippen LogP contribution in [0, 0.1) is 0 Å². The van der Waals surface area contributed by atoms with Crippen molar-refractivity contribution in [2.45, 2.75) is 51.0 Å². The lowest BCUT2D eigenvalue weighted by molar-refractivity contribution is -0.761. The number of fused-ring (bicyclic) bond motifs is 8. The van der Waals surface area contributed by atoms with Crippen molar-refractivity contribution in [2.75, 3.05) is 0 Å². The minimum Gasteiger partial charge on any atom is -0.262 e. The van der Waals surface area contributed by atoms with Gasteiger partial charge in [-0.3, -0.25) is 4.68 Å². The van der Waals surface area contributed by atoms with E-state index < -0.39 is 0 Å². The fraction of sp³-hybridized carbons (Fsp3) is 0.273. The molecule has 188 valence electrons. The first-order valence-electron chi connectivity index (χ1n) is 13.3. The predicted molar refractivity (Wildman–Crippen MR) is 150 cm³/mol. The Hall–Kier alpha value is -4.12. The van der Waals surface area contributed by atoms with Gasteiger partial charge in [0.1, 0.15) is 16.8 Å². The van der Waals surface area contributed by atoms with Crippen molar-refractivity contribution < 1.29 is 9.13 Å². The van der Waals surface area contributed by atoms with Crippen molar-refractivity contribution in [1.29, 1.82) is 0 Å². The highest BCUT2D eigenvalue weighted by molar-refractivity contribution is 5.93. The third kappa shape index (κ3) is 2.82. The summed E-state index contributed by atoms with van der Waals surface area (Å²) in [7, 11) is 2.04. The lowest BCUT2D eigenvalue weighted by atomic mass is 9.54. The van der Waals surface area contributed by atoms with Crippen LogP contribution in [-0.2, 0) is 23.4 Å². The van der Waals surface area contributed by atoms with Crippen molar-refractivity contribution in [3.8, 4) is 22.6 Å². The fourth-order valence-corrected chi connectivity index (χ4v) is 6.55. The van der Waals surface area contributed by atoms with Crippen molar-refractivity contribution in [1.82, 2.24) is 14.8 Å². The highest BCUT2D eigenvalue weighted by Crippen LogP contribution is 2.58. The maximum atomic E-state index is 4.88. The van der Waals surface area contributed by atoms with Gasteiger partial charge in [0.2, 0.25) is 11.4 Å². The molecule has 1 aliphatic heterocycles. The van der Waals surface area contributed by atoms with Gasteiger partial charge < -0.3 is 0 Å². The van der Waals surface area contributed by atoms with Gasteiger partial charge in [-0.25, -0.2) is 4.57 Å². The quantitative estimate of drug-likeness (QED) is 0.292. The van der Waals surface area contributed by atoms with E-state index in [-0.39, 0.29) is 16.4 Å². The third-order valence-electron chi connectivity index (χ3n) is 8.91. The van der Waals surface area contributed by atoms with Crippen molar-refractivity contribution >= 4 is 16.6 Å². The van der Waals surface area contributed by atoms with E-state index in [1.165, 1.54) is 27.9 Å². The van der Waals surface area contributed by atoms with Crippen LogP contribution in [0.15, 0.2) is 91.4 Å². The number of pyridine rings is 1. The van der Waals surface area contributed by atoms with E-state index in [9.17, 15) is 0 Å². The topological polar surface area (TPSA) is 38.5 Å². The number of hydrogen-bond acceptors (Lipinski definition) is 2. The summed E-state index contributed by atoms with van der Waals surface area (Å²) in [6.07, 6.45) is 6.65. The largest absolute Gasteiger partial charge is 0.288 e. The Morgan fingerprint density at radius 3 is 2.42 bits per heavy atom. The molecule has 0 amide bonds. The Bertz CT molecular complexity index is 1800. The third-order valence-corrected chi connectivity index (χ3v) is 8.91. The second kappa shape index (κ2) is 7.47. The lowest BCUT2D eigenvalue weighted by Crippen LogP contribution is -2.75. The molecule has 0 radical (unpaired) electrons. The summed E-state index contributed by atoms with van der Waals surface area (Å²) in [6.45, 7) is 11.4. The number of aromatic nitrogens is 5. The highest BCUT2D eigenvalue weighted by atomic mass is 15.3. The molecule has 0 saturated carbocycles. The first-order valence-corrected chi connectivity index (χ1v) is 13.3. The summed E-state index contributed by atoms with van der Waals surface area (Å²) >= 11 is 0. The number of rotatable bonds is 2. The summed E-state index contributed by atoms with van der Waals surface area (Å²) < 4.78 is 6.77. The molecule has 2 unspecified atom stereocenters. The summed E-state index contributed by atoms with van der Waals surface area (Å²) in [5, 5.41) is 6.07. The van der Waals surface area contributed by atoms with Gasteiger partial charge >= 0.3 is 0 Å². The SMILES string of the molecule is Cn1nc(C(C)(C)C)cc1-c1cccc[n+]1C1=CC2(C)[n+]3cnc4ccccc4c3-c3ccccc3C12C. The maximum Gasteiger partial charge on any atom is 0.288 e. The Morgan fingerprint density at radius 1 is 0.895 bits per heavy atom. The number of benzene rings is 2. The Kier molecular flexibility index (Phi) is 4.53. The number of nitrogens with zero attached hydrogens (tertiary/aromatic N) is 5. The van der Waals surface area contributed by atoms with Crippen LogP contribution in [0.4, 0.5) is 0 Å². The van der Waals surface area contributed by atoms with E-state index in [1.807, 2.05) is 18.1 Å². The molecule has 4 heterocycles. The molecule has 5 aromatic rings. The second-order valence-electron chi connectivity index (χ2n) is 12.1. The van der Waals surface area contributed by atoms with Gasteiger partial charge in [0.25, 0.3) is 6.33 Å². The summed E-state index contributed by atoms with van der Waals surface area (Å²) in [5.74, 6) is 0. The summed E-state index contributed by atoms with van der Waals surface area (Å²) in [4.78, 5) is 4.88. The van der Waals surface area contributed by atoms with E-state index >= 15 is 0 Å². The smallest absolute Gasteiger partial charge is 0.262 e. The van der Waals surface area contributed by atoms with Crippen LogP contribution >= 0.6 is 0 Å². The molecule has 1 aliphatic carbocycles. The Morgan fingerprint density at radius 2 is 1.63 bits per heavy atom. The molecule has 0 N–H and O–H groups in total. The zero-order chi connectivity index (χ0) is 26.4. The number of allylic oxidation sites excluding steroid dienone is 2. The van der Waals surface area contributed by atoms with Gasteiger partial charge in [0, 0.05) is 36.2 Å². The zero-order valence-corrected chi connectivity index (χ0v) is 22.9. The van der Waals surface area contributed by atoms with Crippen LogP contribution in [0.2, 0.25) is 0 Å². The van der Waals surface area contributed by atoms with Crippen molar-refractivity contribution in [3.05, 3.63) is 103 Å². The van der Waals surface area contributed by atoms with Gasteiger partial charge in [-0.1, -0.05) is 57.2 Å². The number of aryl methyl sites for hydroxylation is 1. The van der Waals surface area contributed by atoms with Gasteiger partial charge in [-0.15, -0.1) is 0 Å². The molecule has 0 fully saturated rings. The standard InChI is InChI=1S/C33H33N5/c1-31(2,3)28-19-27(36(6)35-28)26-17-11-12-18-37(26)29-20-32(4)33(29,5)24-15-9-7-13-22(24)30-23-14-8-10-16-25(23)34-21-38(30)32/h7-21H,1-6H3/q+2. The fourth-order valence-electron chi connectivity index (χ4n) is 6.55. The van der Waals surface area contributed by atoms with E-state index in [0.717, 1.165) is 22.6 Å². The van der Waals surface area contributed by atoms with Crippen LogP contribution in [-0.4, -0.2) is 14.8 Å². The Balaban J connectivity index is 1.49. The van der Waals surface area contributed by atoms with Gasteiger partial charge in [-0.05, 0) is 48.7 Å². The van der Waals surface area contributed by atoms with E-state index in [4.69, 9.17) is 10.1 Å². The molecular weight excluding hydrogens is 466 g/mol. The molecule has 38 heavy (non-hydrogen) atoms. The van der Waals surface area contributed by atoms with E-state index in [2.05, 4.69) is 129 Å². The van der Waals surface area contributed by atoms with Crippen molar-refractivity contribution in [3.63, 3.8) is 0 Å². The summed E-state index contributed by atoms with van der Waals surface area (Å²) in [5.41, 5.74) is 8.93. The molecule has 3 aromatic heterocycles. The molecule has 0 saturated heterocycles. The maximum absolute atomic E-state index is 4.88. The van der Waals surface area contributed by atoms with Gasteiger partial charge in [0.05, 0.1) is 11.1 Å². The zero-order valence-electron chi connectivity index (χ0n) is 22.9. The molecule has 7 rings (SSSR count). The first-order chi connectivity index (χ1) is 18.1. The summed E-state index contributed by atoms with van der Waals surface area (Å²) in [6, 6.07) is 26.0. The van der Waals surface area contributed by atoms with Gasteiger partial charge in [-0.2, -0.15) is 9.67 Å². The van der Waals surface area contributed by atoms with E-state index in [1.54, 1.807) is 0 Å². The minimum absolute atomic E-state index is 0.0195. The molecule has 5 heteroatoms. The molecule has 2 aromatic carbocycles. The molecule has 0 bridgehead atoms. The predicted octanol–water partition coefficient (Wildman–Crippen LogP) is 5.72. The van der Waals surface area contributed by atoms with Crippen molar-refractivity contribution in [2.24, 2.45) is 7.05 Å². The van der Waals surface area contributed by atoms with Crippen LogP contribution in [0.5, 0.6) is 0 Å².